The van der Waals surface area contributed by atoms with Crippen LogP contribution in [0, 0.1) is 12.7 Å². The number of nitrogens with zero attached hydrogens (tertiary/aromatic N) is 7. The zero-order valence-corrected chi connectivity index (χ0v) is 20.2. The molecule has 1 fully saturated rings. The lowest BCUT2D eigenvalue weighted by Gasteiger charge is -2.39. The molecule has 1 unspecified atom stereocenters. The molecule has 0 radical (unpaired) electrons. The second kappa shape index (κ2) is 9.19. The number of hydrogen-bond donors (Lipinski definition) is 1. The summed E-state index contributed by atoms with van der Waals surface area (Å²) < 4.78 is 42.5. The molecular formula is C23H25FN8O2S. The van der Waals surface area contributed by atoms with Crippen molar-refractivity contribution in [1.82, 2.24) is 34.6 Å². The fraction of sp³-hybridized carbons (Fsp3) is 0.304. The van der Waals surface area contributed by atoms with Crippen LogP contribution in [0.5, 0.6) is 0 Å². The van der Waals surface area contributed by atoms with Crippen molar-refractivity contribution in [3.8, 4) is 11.3 Å². The lowest BCUT2D eigenvalue weighted by Crippen LogP contribution is -2.49. The maximum Gasteiger partial charge on any atom is 0.217 e. The molecule has 1 aliphatic heterocycles. The van der Waals surface area contributed by atoms with Gasteiger partial charge in [-0.05, 0) is 31.2 Å². The minimum Gasteiger partial charge on any atom is -0.352 e. The lowest BCUT2D eigenvalue weighted by molar-refractivity contribution is 0.233. The number of nitrogens with one attached hydrogen (secondary N) is 1. The van der Waals surface area contributed by atoms with Crippen LogP contribution in [0.3, 0.4) is 0 Å². The molecule has 1 saturated heterocycles. The number of imidazole rings is 1. The fourth-order valence-corrected chi connectivity index (χ4v) is 6.19. The van der Waals surface area contributed by atoms with E-state index in [4.69, 9.17) is 0 Å². The van der Waals surface area contributed by atoms with E-state index in [1.54, 1.807) is 61.7 Å². The van der Waals surface area contributed by atoms with E-state index in [-0.39, 0.29) is 10.8 Å². The highest BCUT2D eigenvalue weighted by Crippen LogP contribution is 2.34. The van der Waals surface area contributed by atoms with Gasteiger partial charge in [-0.2, -0.15) is 5.10 Å². The van der Waals surface area contributed by atoms with Gasteiger partial charge in [0.05, 0.1) is 6.20 Å². The molecule has 0 amide bonds. The van der Waals surface area contributed by atoms with Crippen LogP contribution in [-0.4, -0.2) is 69.2 Å². The van der Waals surface area contributed by atoms with E-state index in [1.807, 2.05) is 4.90 Å². The van der Waals surface area contributed by atoms with Gasteiger partial charge in [-0.3, -0.25) is 15.0 Å². The molecule has 0 saturated carbocycles. The monoisotopic (exact) mass is 496 g/mol. The van der Waals surface area contributed by atoms with Crippen LogP contribution in [0.1, 0.15) is 16.8 Å². The Kier molecular flexibility index (Phi) is 6.07. The predicted molar refractivity (Wildman–Crippen MR) is 128 cm³/mol. The molecule has 4 aromatic rings. The van der Waals surface area contributed by atoms with Gasteiger partial charge in [0.1, 0.15) is 22.7 Å². The van der Waals surface area contributed by atoms with Crippen LogP contribution in [0.15, 0.2) is 60.3 Å². The first-order chi connectivity index (χ1) is 16.8. The molecule has 182 valence electrons. The first kappa shape index (κ1) is 23.1. The van der Waals surface area contributed by atoms with Crippen molar-refractivity contribution in [3.05, 3.63) is 72.5 Å². The van der Waals surface area contributed by atoms with Crippen LogP contribution in [0.25, 0.3) is 11.3 Å². The van der Waals surface area contributed by atoms with Gasteiger partial charge < -0.3 is 9.47 Å². The zero-order valence-electron chi connectivity index (χ0n) is 19.3. The van der Waals surface area contributed by atoms with Crippen molar-refractivity contribution in [1.29, 1.82) is 0 Å². The van der Waals surface area contributed by atoms with Crippen LogP contribution in [0.2, 0.25) is 0 Å². The number of benzene rings is 1. The minimum absolute atomic E-state index is 0.0404. The molecule has 0 bridgehead atoms. The maximum absolute atomic E-state index is 13.7. The summed E-state index contributed by atoms with van der Waals surface area (Å²) in [5, 5.41) is 5.84. The number of aryl methyl sites for hydroxylation is 2. The molecule has 1 N–H and O–H groups in total. The largest absolute Gasteiger partial charge is 0.352 e. The predicted octanol–water partition coefficient (Wildman–Crippen LogP) is 2.34. The molecule has 35 heavy (non-hydrogen) atoms. The maximum atomic E-state index is 13.7. The highest BCUT2D eigenvalue weighted by Gasteiger charge is 2.38. The fourth-order valence-electron chi connectivity index (χ4n) is 4.30. The van der Waals surface area contributed by atoms with E-state index in [0.717, 1.165) is 5.56 Å². The number of aromatic nitrogens is 6. The van der Waals surface area contributed by atoms with E-state index in [9.17, 15) is 12.8 Å². The number of piperazine rings is 1. The van der Waals surface area contributed by atoms with Crippen molar-refractivity contribution in [2.75, 3.05) is 31.1 Å². The third-order valence-electron chi connectivity index (χ3n) is 6.22. The number of anilines is 1. The molecule has 4 heterocycles. The third-order valence-corrected chi connectivity index (χ3v) is 8.16. The Morgan fingerprint density at radius 3 is 2.40 bits per heavy atom. The van der Waals surface area contributed by atoms with E-state index in [2.05, 4.69) is 30.0 Å². The van der Waals surface area contributed by atoms with Crippen molar-refractivity contribution in [2.24, 2.45) is 7.05 Å². The average molecular weight is 497 g/mol. The quantitative estimate of drug-likeness (QED) is 0.433. The molecule has 5 rings (SSSR count). The first-order valence-corrected chi connectivity index (χ1v) is 12.7. The number of aromatic amines is 1. The SMILES string of the molecule is Cc1nc(S(=O)(=O)C(c2cn[nH]c2)N2CCN(c3nccnc3-c3ccc(F)cc3)CC2)cn1C. The van der Waals surface area contributed by atoms with Crippen molar-refractivity contribution < 1.29 is 12.8 Å². The minimum atomic E-state index is -3.81. The number of rotatable bonds is 6. The summed E-state index contributed by atoms with van der Waals surface area (Å²) in [7, 11) is -2.04. The average Bonchev–Trinajstić information content (AvgIpc) is 3.50. The first-order valence-electron chi connectivity index (χ1n) is 11.1. The van der Waals surface area contributed by atoms with Crippen molar-refractivity contribution >= 4 is 15.7 Å². The van der Waals surface area contributed by atoms with Gasteiger partial charge in [0, 0.05) is 69.1 Å². The Bertz CT molecular complexity index is 1390. The van der Waals surface area contributed by atoms with Crippen molar-refractivity contribution in [3.63, 3.8) is 0 Å². The van der Waals surface area contributed by atoms with E-state index >= 15 is 0 Å². The summed E-state index contributed by atoms with van der Waals surface area (Å²) in [6.45, 7) is 3.79. The smallest absolute Gasteiger partial charge is 0.217 e. The van der Waals surface area contributed by atoms with E-state index in [1.165, 1.54) is 12.1 Å². The Labute approximate surface area is 202 Å². The van der Waals surface area contributed by atoms with Gasteiger partial charge in [-0.25, -0.2) is 22.8 Å². The van der Waals surface area contributed by atoms with Gasteiger partial charge in [-0.15, -0.1) is 0 Å². The van der Waals surface area contributed by atoms with Crippen LogP contribution in [-0.2, 0) is 16.9 Å². The van der Waals surface area contributed by atoms with Gasteiger partial charge in [0.15, 0.2) is 10.8 Å². The lowest BCUT2D eigenvalue weighted by atomic mass is 10.1. The number of halogens is 1. The van der Waals surface area contributed by atoms with Crippen LogP contribution < -0.4 is 4.90 Å². The summed E-state index contributed by atoms with van der Waals surface area (Å²) in [5.74, 6) is 0.986. The van der Waals surface area contributed by atoms with Crippen LogP contribution in [0.4, 0.5) is 10.2 Å². The zero-order chi connectivity index (χ0) is 24.6. The molecule has 12 heteroatoms. The molecule has 10 nitrogen and oxygen atoms in total. The van der Waals surface area contributed by atoms with Gasteiger partial charge in [0.2, 0.25) is 9.84 Å². The molecule has 3 aromatic heterocycles. The second-order valence-electron chi connectivity index (χ2n) is 8.42. The summed E-state index contributed by atoms with van der Waals surface area (Å²) in [5.41, 5.74) is 1.98. The molecular weight excluding hydrogens is 471 g/mol. The molecule has 0 spiro atoms. The van der Waals surface area contributed by atoms with Crippen molar-refractivity contribution in [2.45, 2.75) is 17.3 Å². The Balaban J connectivity index is 1.41. The summed E-state index contributed by atoms with van der Waals surface area (Å²) in [6.07, 6.45) is 7.92. The normalized spacial score (nSPS) is 15.9. The Morgan fingerprint density at radius 2 is 1.77 bits per heavy atom. The molecule has 1 aliphatic rings. The number of sulfone groups is 1. The van der Waals surface area contributed by atoms with Gasteiger partial charge in [-0.1, -0.05) is 0 Å². The molecule has 0 aliphatic carbocycles. The topological polar surface area (TPSA) is 113 Å². The highest BCUT2D eigenvalue weighted by atomic mass is 32.2. The summed E-state index contributed by atoms with van der Waals surface area (Å²) in [6, 6.07) is 6.14. The van der Waals surface area contributed by atoms with E-state index in [0.29, 0.717) is 49.1 Å². The summed E-state index contributed by atoms with van der Waals surface area (Å²) in [4.78, 5) is 17.3. The Morgan fingerprint density at radius 1 is 1.06 bits per heavy atom. The Hall–Kier alpha value is -3.64. The van der Waals surface area contributed by atoms with Gasteiger partial charge >= 0.3 is 0 Å². The standard InChI is InChI=1S/C23H25FN8O2S/c1-16-29-20(15-30(16)2)35(33,34)23(18-13-27-28-14-18)32-11-9-31(10-12-32)22-21(25-7-8-26-22)17-3-5-19(24)6-4-17/h3-8,13-15,23H,9-12H2,1-2H3,(H,27,28). The van der Waals surface area contributed by atoms with Gasteiger partial charge in [0.25, 0.3) is 0 Å². The van der Waals surface area contributed by atoms with E-state index < -0.39 is 15.2 Å². The molecule has 1 aromatic carbocycles. The van der Waals surface area contributed by atoms with Crippen LogP contribution >= 0.6 is 0 Å². The molecule has 1 atom stereocenters. The highest BCUT2D eigenvalue weighted by molar-refractivity contribution is 7.91. The summed E-state index contributed by atoms with van der Waals surface area (Å²) >= 11 is 0. The second-order valence-corrected chi connectivity index (χ2v) is 10.4. The number of H-pyrrole nitrogens is 1. The number of hydrogen-bond acceptors (Lipinski definition) is 8. The third kappa shape index (κ3) is 4.42.